The molecule has 1 aromatic carbocycles. The number of aromatic nitrogens is 2. The van der Waals surface area contributed by atoms with E-state index in [0.29, 0.717) is 5.69 Å². The van der Waals surface area contributed by atoms with Crippen molar-refractivity contribution < 1.29 is 9.90 Å². The molecule has 0 saturated carbocycles. The standard InChI is InChI=1S/C14H10N2O2S.C2H6/c17-14(18)11-9-16(10-5-2-1-3-6-10)15-13(11)12-7-4-8-19-12;1-2/h1-9H,(H,17,18);1-2H3. The summed E-state index contributed by atoms with van der Waals surface area (Å²) < 4.78 is 1.60. The summed E-state index contributed by atoms with van der Waals surface area (Å²) in [5.41, 5.74) is 1.56. The van der Waals surface area contributed by atoms with Crippen molar-refractivity contribution in [1.29, 1.82) is 0 Å². The molecule has 0 fully saturated rings. The molecule has 0 atom stereocenters. The Bertz CT molecular complexity index is 703. The van der Waals surface area contributed by atoms with E-state index in [4.69, 9.17) is 0 Å². The van der Waals surface area contributed by atoms with Gasteiger partial charge in [-0.05, 0) is 23.6 Å². The lowest BCUT2D eigenvalue weighted by Crippen LogP contribution is -1.95. The maximum Gasteiger partial charge on any atom is 0.339 e. The van der Waals surface area contributed by atoms with Crippen LogP contribution in [0.15, 0.2) is 54.0 Å². The molecular weight excluding hydrogens is 284 g/mol. The van der Waals surface area contributed by atoms with Crippen LogP contribution in [0.1, 0.15) is 24.2 Å². The highest BCUT2D eigenvalue weighted by Crippen LogP contribution is 2.27. The minimum Gasteiger partial charge on any atom is -0.478 e. The molecular formula is C16H16N2O2S. The lowest BCUT2D eigenvalue weighted by molar-refractivity contribution is 0.0697. The van der Waals surface area contributed by atoms with Crippen LogP contribution < -0.4 is 0 Å². The maximum absolute atomic E-state index is 11.3. The van der Waals surface area contributed by atoms with Gasteiger partial charge in [-0.1, -0.05) is 38.1 Å². The van der Waals surface area contributed by atoms with Crippen molar-refractivity contribution in [2.24, 2.45) is 0 Å². The second-order valence-corrected chi connectivity index (χ2v) is 4.90. The number of thiophene rings is 1. The number of benzene rings is 1. The van der Waals surface area contributed by atoms with Crippen molar-refractivity contribution in [3.05, 3.63) is 59.6 Å². The monoisotopic (exact) mass is 300 g/mol. The van der Waals surface area contributed by atoms with E-state index in [2.05, 4.69) is 5.10 Å². The van der Waals surface area contributed by atoms with E-state index in [0.717, 1.165) is 10.6 Å². The van der Waals surface area contributed by atoms with Gasteiger partial charge in [0.15, 0.2) is 0 Å². The molecule has 0 aliphatic rings. The molecule has 0 unspecified atom stereocenters. The van der Waals surface area contributed by atoms with Crippen LogP contribution in [0, 0.1) is 0 Å². The van der Waals surface area contributed by atoms with E-state index in [1.165, 1.54) is 11.3 Å². The molecule has 1 N–H and O–H groups in total. The Hall–Kier alpha value is -2.40. The highest BCUT2D eigenvalue weighted by molar-refractivity contribution is 7.13. The summed E-state index contributed by atoms with van der Waals surface area (Å²) in [6, 6.07) is 13.2. The molecule has 0 amide bonds. The quantitative estimate of drug-likeness (QED) is 0.783. The first-order valence-electron chi connectivity index (χ1n) is 6.68. The van der Waals surface area contributed by atoms with Gasteiger partial charge < -0.3 is 5.11 Å². The van der Waals surface area contributed by atoms with Crippen LogP contribution in [0.3, 0.4) is 0 Å². The fourth-order valence-electron chi connectivity index (χ4n) is 1.84. The molecule has 0 radical (unpaired) electrons. The number of hydrogen-bond acceptors (Lipinski definition) is 3. The van der Waals surface area contributed by atoms with Gasteiger partial charge in [-0.3, -0.25) is 0 Å². The summed E-state index contributed by atoms with van der Waals surface area (Å²) in [6.45, 7) is 4.00. The van der Waals surface area contributed by atoms with Crippen LogP contribution in [0.2, 0.25) is 0 Å². The van der Waals surface area contributed by atoms with E-state index >= 15 is 0 Å². The Morgan fingerprint density at radius 1 is 1.14 bits per heavy atom. The molecule has 0 bridgehead atoms. The van der Waals surface area contributed by atoms with E-state index in [-0.39, 0.29) is 5.56 Å². The zero-order chi connectivity index (χ0) is 15.2. The number of carboxylic acid groups (broad SMARTS) is 1. The van der Waals surface area contributed by atoms with E-state index in [1.807, 2.05) is 61.7 Å². The Morgan fingerprint density at radius 3 is 2.43 bits per heavy atom. The molecule has 0 aliphatic carbocycles. The van der Waals surface area contributed by atoms with Crippen molar-refractivity contribution in [3.63, 3.8) is 0 Å². The smallest absolute Gasteiger partial charge is 0.339 e. The third-order valence-corrected chi connectivity index (χ3v) is 3.60. The van der Waals surface area contributed by atoms with Crippen molar-refractivity contribution in [2.75, 3.05) is 0 Å². The number of para-hydroxylation sites is 1. The van der Waals surface area contributed by atoms with Crippen molar-refractivity contribution in [3.8, 4) is 16.3 Å². The molecule has 0 saturated heterocycles. The van der Waals surface area contributed by atoms with E-state index < -0.39 is 5.97 Å². The second-order valence-electron chi connectivity index (χ2n) is 3.95. The fourth-order valence-corrected chi connectivity index (χ4v) is 2.56. The minimum atomic E-state index is -0.967. The van der Waals surface area contributed by atoms with Crippen LogP contribution in [-0.4, -0.2) is 20.9 Å². The highest BCUT2D eigenvalue weighted by Gasteiger charge is 2.18. The van der Waals surface area contributed by atoms with Gasteiger partial charge in [0.25, 0.3) is 0 Å². The summed E-state index contributed by atoms with van der Waals surface area (Å²) in [7, 11) is 0. The molecule has 0 aliphatic heterocycles. The number of carbonyl (C=O) groups is 1. The van der Waals surface area contributed by atoms with Crippen LogP contribution in [0.4, 0.5) is 0 Å². The topological polar surface area (TPSA) is 55.1 Å². The molecule has 3 rings (SSSR count). The predicted octanol–water partition coefficient (Wildman–Crippen LogP) is 4.33. The highest BCUT2D eigenvalue weighted by atomic mass is 32.1. The summed E-state index contributed by atoms with van der Waals surface area (Å²) in [5.74, 6) is -0.967. The molecule has 0 spiro atoms. The Kier molecular flexibility index (Phi) is 4.90. The Labute approximate surface area is 127 Å². The normalized spacial score (nSPS) is 9.81. The van der Waals surface area contributed by atoms with Gasteiger partial charge in [0.1, 0.15) is 11.3 Å². The van der Waals surface area contributed by atoms with Gasteiger partial charge in [0.05, 0.1) is 10.6 Å². The van der Waals surface area contributed by atoms with Gasteiger partial charge in [0, 0.05) is 6.20 Å². The number of hydrogen-bond donors (Lipinski definition) is 1. The van der Waals surface area contributed by atoms with Gasteiger partial charge in [-0.15, -0.1) is 11.3 Å². The predicted molar refractivity (Wildman–Crippen MR) is 85.2 cm³/mol. The summed E-state index contributed by atoms with van der Waals surface area (Å²) >= 11 is 1.48. The number of rotatable bonds is 3. The van der Waals surface area contributed by atoms with Gasteiger partial charge in [-0.2, -0.15) is 5.10 Å². The second kappa shape index (κ2) is 6.85. The lowest BCUT2D eigenvalue weighted by atomic mass is 10.2. The zero-order valence-corrected chi connectivity index (χ0v) is 12.7. The molecule has 3 aromatic rings. The van der Waals surface area contributed by atoms with Crippen LogP contribution in [0.25, 0.3) is 16.3 Å². The first-order valence-corrected chi connectivity index (χ1v) is 7.56. The van der Waals surface area contributed by atoms with E-state index in [9.17, 15) is 9.90 Å². The van der Waals surface area contributed by atoms with Crippen molar-refractivity contribution >= 4 is 17.3 Å². The zero-order valence-electron chi connectivity index (χ0n) is 11.9. The van der Waals surface area contributed by atoms with Gasteiger partial charge in [-0.25, -0.2) is 9.48 Å². The molecule has 2 heterocycles. The van der Waals surface area contributed by atoms with Crippen LogP contribution >= 0.6 is 11.3 Å². The Morgan fingerprint density at radius 2 is 1.86 bits per heavy atom. The average Bonchev–Trinajstić information content (AvgIpc) is 3.19. The maximum atomic E-state index is 11.3. The van der Waals surface area contributed by atoms with Crippen LogP contribution in [-0.2, 0) is 0 Å². The van der Waals surface area contributed by atoms with Gasteiger partial charge >= 0.3 is 5.97 Å². The summed E-state index contributed by atoms with van der Waals surface area (Å²) in [6.07, 6.45) is 1.55. The number of nitrogens with zero attached hydrogens (tertiary/aromatic N) is 2. The van der Waals surface area contributed by atoms with Crippen molar-refractivity contribution in [2.45, 2.75) is 13.8 Å². The average molecular weight is 300 g/mol. The molecule has 4 nitrogen and oxygen atoms in total. The first kappa shape index (κ1) is 15.0. The third-order valence-electron chi connectivity index (χ3n) is 2.72. The van der Waals surface area contributed by atoms with E-state index in [1.54, 1.807) is 10.9 Å². The first-order chi connectivity index (χ1) is 10.3. The number of carboxylic acids is 1. The summed E-state index contributed by atoms with van der Waals surface area (Å²) in [5, 5.41) is 15.6. The SMILES string of the molecule is CC.O=C(O)c1cn(-c2ccccc2)nc1-c1cccs1. The van der Waals surface area contributed by atoms with Crippen molar-refractivity contribution in [1.82, 2.24) is 9.78 Å². The number of aromatic carboxylic acids is 1. The lowest BCUT2D eigenvalue weighted by Gasteiger charge is -1.98. The third kappa shape index (κ3) is 3.20. The van der Waals surface area contributed by atoms with Gasteiger partial charge in [0.2, 0.25) is 0 Å². The van der Waals surface area contributed by atoms with Crippen LogP contribution in [0.5, 0.6) is 0 Å². The summed E-state index contributed by atoms with van der Waals surface area (Å²) in [4.78, 5) is 12.2. The fraction of sp³-hybridized carbons (Fsp3) is 0.125. The molecule has 5 heteroatoms. The Balaban J connectivity index is 0.000000774. The molecule has 2 aromatic heterocycles. The molecule has 21 heavy (non-hydrogen) atoms. The minimum absolute atomic E-state index is 0.214. The largest absolute Gasteiger partial charge is 0.478 e. The molecule has 108 valence electrons.